The van der Waals surface area contributed by atoms with Crippen molar-refractivity contribution < 1.29 is 4.74 Å². The minimum Gasteiger partial charge on any atom is -0.489 e. The summed E-state index contributed by atoms with van der Waals surface area (Å²) >= 11 is 6.13. The number of hydrogen-bond donors (Lipinski definition) is 1. The summed E-state index contributed by atoms with van der Waals surface area (Å²) in [4.78, 5) is 4.02. The van der Waals surface area contributed by atoms with Gasteiger partial charge < -0.3 is 10.1 Å². The molecule has 0 aliphatic carbocycles. The van der Waals surface area contributed by atoms with Crippen molar-refractivity contribution in [3.8, 4) is 5.75 Å². The van der Waals surface area contributed by atoms with E-state index >= 15 is 0 Å². The largest absolute Gasteiger partial charge is 0.489 e. The van der Waals surface area contributed by atoms with Gasteiger partial charge in [0.15, 0.2) is 0 Å². The van der Waals surface area contributed by atoms with Crippen molar-refractivity contribution in [1.82, 2.24) is 10.3 Å². The highest BCUT2D eigenvalue weighted by Crippen LogP contribution is 2.19. The maximum absolute atomic E-state index is 6.13. The molecule has 0 spiro atoms. The monoisotopic (exact) mass is 374 g/mol. The molecule has 0 unspecified atom stereocenters. The third-order valence-corrected chi connectivity index (χ3v) is 4.05. The minimum atomic E-state index is 0. The lowest BCUT2D eigenvalue weighted by Gasteiger charge is -2.09. The van der Waals surface area contributed by atoms with Crippen LogP contribution in [0.15, 0.2) is 73.1 Å². The Bertz CT molecular complexity index is 764. The van der Waals surface area contributed by atoms with Gasteiger partial charge in [0.2, 0.25) is 0 Å². The summed E-state index contributed by atoms with van der Waals surface area (Å²) in [6.45, 7) is 2.11. The Morgan fingerprint density at radius 3 is 2.16 bits per heavy atom. The van der Waals surface area contributed by atoms with E-state index in [1.165, 1.54) is 11.1 Å². The number of nitrogens with zero attached hydrogens (tertiary/aromatic N) is 1. The first-order chi connectivity index (χ1) is 11.8. The summed E-state index contributed by atoms with van der Waals surface area (Å²) in [7, 11) is 0. The number of pyridine rings is 1. The number of hydrogen-bond acceptors (Lipinski definition) is 3. The molecular formula is C20H20Cl2N2O. The van der Waals surface area contributed by atoms with Gasteiger partial charge in [-0.15, -0.1) is 12.4 Å². The van der Waals surface area contributed by atoms with Gasteiger partial charge in [-0.05, 0) is 41.5 Å². The molecule has 130 valence electrons. The van der Waals surface area contributed by atoms with Gasteiger partial charge in [0.1, 0.15) is 12.4 Å². The lowest BCUT2D eigenvalue weighted by molar-refractivity contribution is 0.306. The van der Waals surface area contributed by atoms with Crippen molar-refractivity contribution in [2.75, 3.05) is 0 Å². The second-order valence-electron chi connectivity index (χ2n) is 5.48. The minimum absolute atomic E-state index is 0. The van der Waals surface area contributed by atoms with Crippen molar-refractivity contribution >= 4 is 24.0 Å². The smallest absolute Gasteiger partial charge is 0.119 e. The van der Waals surface area contributed by atoms with E-state index in [1.807, 2.05) is 60.9 Å². The van der Waals surface area contributed by atoms with E-state index in [2.05, 4.69) is 22.4 Å². The molecule has 0 fully saturated rings. The predicted molar refractivity (Wildman–Crippen MR) is 104 cm³/mol. The lowest BCUT2D eigenvalue weighted by Crippen LogP contribution is -2.12. The Morgan fingerprint density at radius 2 is 1.48 bits per heavy atom. The number of ether oxygens (including phenoxy) is 1. The van der Waals surface area contributed by atoms with Crippen molar-refractivity contribution in [3.05, 3.63) is 94.8 Å². The number of benzene rings is 2. The molecule has 1 N–H and O–H groups in total. The van der Waals surface area contributed by atoms with Gasteiger partial charge in [-0.3, -0.25) is 4.98 Å². The van der Waals surface area contributed by atoms with E-state index in [-0.39, 0.29) is 12.4 Å². The summed E-state index contributed by atoms with van der Waals surface area (Å²) < 4.78 is 5.79. The summed E-state index contributed by atoms with van der Waals surface area (Å²) in [5.41, 5.74) is 3.43. The fourth-order valence-corrected chi connectivity index (χ4v) is 2.52. The van der Waals surface area contributed by atoms with Crippen LogP contribution in [0.1, 0.15) is 16.7 Å². The average molecular weight is 375 g/mol. The first-order valence-electron chi connectivity index (χ1n) is 7.86. The van der Waals surface area contributed by atoms with Crippen LogP contribution < -0.4 is 10.1 Å². The molecule has 5 heteroatoms. The standard InChI is InChI=1S/C20H19ClN2O.ClH/c21-20-4-2-1-3-18(20)15-24-19-7-5-16(6-8-19)13-23-14-17-9-11-22-12-10-17;/h1-12,23H,13-15H2;1H. The highest BCUT2D eigenvalue weighted by Gasteiger charge is 2.01. The maximum Gasteiger partial charge on any atom is 0.119 e. The van der Waals surface area contributed by atoms with Crippen molar-refractivity contribution in [2.45, 2.75) is 19.7 Å². The van der Waals surface area contributed by atoms with Crippen LogP contribution in [0.2, 0.25) is 5.02 Å². The summed E-state index contributed by atoms with van der Waals surface area (Å²) in [6, 6.07) is 19.9. The second-order valence-corrected chi connectivity index (χ2v) is 5.89. The Kier molecular flexibility index (Phi) is 7.74. The first-order valence-corrected chi connectivity index (χ1v) is 8.24. The molecule has 25 heavy (non-hydrogen) atoms. The molecule has 0 amide bonds. The average Bonchev–Trinajstić information content (AvgIpc) is 2.63. The fourth-order valence-electron chi connectivity index (χ4n) is 2.33. The molecule has 0 saturated carbocycles. The van der Waals surface area contributed by atoms with Crippen LogP contribution in [0.4, 0.5) is 0 Å². The number of halogens is 2. The van der Waals surface area contributed by atoms with Crippen LogP contribution in [0.3, 0.4) is 0 Å². The molecule has 0 aliphatic rings. The maximum atomic E-state index is 6.13. The Morgan fingerprint density at radius 1 is 0.840 bits per heavy atom. The predicted octanol–water partition coefficient (Wildman–Crippen LogP) is 5.03. The Labute approximate surface area is 159 Å². The quantitative estimate of drug-likeness (QED) is 0.629. The molecule has 0 saturated heterocycles. The van der Waals surface area contributed by atoms with Crippen LogP contribution in [-0.4, -0.2) is 4.98 Å². The number of rotatable bonds is 7. The zero-order chi connectivity index (χ0) is 16.6. The van der Waals surface area contributed by atoms with Gasteiger partial charge in [-0.2, -0.15) is 0 Å². The number of aromatic nitrogens is 1. The SMILES string of the molecule is Cl.Clc1ccccc1COc1ccc(CNCc2ccncc2)cc1. The molecule has 1 aromatic heterocycles. The molecule has 0 atom stereocenters. The second kappa shape index (κ2) is 10.0. The van der Waals surface area contributed by atoms with E-state index in [1.54, 1.807) is 0 Å². The lowest BCUT2D eigenvalue weighted by atomic mass is 10.2. The van der Waals surface area contributed by atoms with E-state index in [9.17, 15) is 0 Å². The van der Waals surface area contributed by atoms with Crippen LogP contribution in [-0.2, 0) is 19.7 Å². The van der Waals surface area contributed by atoms with Crippen molar-refractivity contribution in [2.24, 2.45) is 0 Å². The van der Waals surface area contributed by atoms with Crippen molar-refractivity contribution in [1.29, 1.82) is 0 Å². The van der Waals surface area contributed by atoms with Gasteiger partial charge in [-0.25, -0.2) is 0 Å². The third kappa shape index (κ3) is 6.05. The number of nitrogens with one attached hydrogen (secondary N) is 1. The first kappa shape index (κ1) is 19.3. The van der Waals surface area contributed by atoms with Crippen LogP contribution >= 0.6 is 24.0 Å². The third-order valence-electron chi connectivity index (χ3n) is 3.68. The molecule has 0 bridgehead atoms. The van der Waals surface area contributed by atoms with Gasteiger partial charge in [0.25, 0.3) is 0 Å². The Hall–Kier alpha value is -2.07. The van der Waals surface area contributed by atoms with Gasteiger partial charge in [-0.1, -0.05) is 41.9 Å². The van der Waals surface area contributed by atoms with Crippen molar-refractivity contribution in [3.63, 3.8) is 0 Å². The molecule has 3 aromatic rings. The highest BCUT2D eigenvalue weighted by molar-refractivity contribution is 6.31. The summed E-state index contributed by atoms with van der Waals surface area (Å²) in [6.07, 6.45) is 3.62. The Balaban J connectivity index is 0.00000225. The normalized spacial score (nSPS) is 10.1. The van der Waals surface area contributed by atoms with E-state index in [0.29, 0.717) is 6.61 Å². The summed E-state index contributed by atoms with van der Waals surface area (Å²) in [5.74, 6) is 0.841. The molecule has 0 radical (unpaired) electrons. The van der Waals surface area contributed by atoms with Crippen LogP contribution in [0, 0.1) is 0 Å². The molecular weight excluding hydrogens is 355 g/mol. The molecule has 2 aromatic carbocycles. The summed E-state index contributed by atoms with van der Waals surface area (Å²) in [5, 5.41) is 4.15. The molecule has 3 nitrogen and oxygen atoms in total. The topological polar surface area (TPSA) is 34.1 Å². The zero-order valence-electron chi connectivity index (χ0n) is 13.7. The van der Waals surface area contributed by atoms with E-state index in [4.69, 9.17) is 16.3 Å². The van der Waals surface area contributed by atoms with Crippen LogP contribution in [0.5, 0.6) is 5.75 Å². The van der Waals surface area contributed by atoms with Gasteiger partial charge in [0, 0.05) is 36.1 Å². The molecule has 1 heterocycles. The molecule has 0 aliphatic heterocycles. The van der Waals surface area contributed by atoms with E-state index in [0.717, 1.165) is 29.4 Å². The van der Waals surface area contributed by atoms with Gasteiger partial charge >= 0.3 is 0 Å². The van der Waals surface area contributed by atoms with E-state index < -0.39 is 0 Å². The molecule has 3 rings (SSSR count). The van der Waals surface area contributed by atoms with Gasteiger partial charge in [0.05, 0.1) is 0 Å². The van der Waals surface area contributed by atoms with Crippen LogP contribution in [0.25, 0.3) is 0 Å². The zero-order valence-corrected chi connectivity index (χ0v) is 15.3. The fraction of sp³-hybridized carbons (Fsp3) is 0.150. The highest BCUT2D eigenvalue weighted by atomic mass is 35.5.